The molecule has 1 saturated heterocycles. The van der Waals surface area contributed by atoms with E-state index in [9.17, 15) is 4.79 Å². The van der Waals surface area contributed by atoms with E-state index in [4.69, 9.17) is 21.8 Å². The number of nitrogens with zero attached hydrogens (tertiary/aromatic N) is 4. The number of carbonyl (C=O) groups is 1. The molecule has 2 fully saturated rings. The summed E-state index contributed by atoms with van der Waals surface area (Å²) in [5.74, 6) is 0.455. The molecule has 0 atom stereocenters. The Labute approximate surface area is 149 Å². The smallest absolute Gasteiger partial charge is 0.316 e. The van der Waals surface area contributed by atoms with Gasteiger partial charge < -0.3 is 20.4 Å². The molecule has 1 amide bonds. The predicted molar refractivity (Wildman–Crippen MR) is 92.9 cm³/mol. The van der Waals surface area contributed by atoms with Crippen molar-refractivity contribution in [2.24, 2.45) is 5.41 Å². The predicted octanol–water partition coefficient (Wildman–Crippen LogP) is 2.18. The zero-order valence-corrected chi connectivity index (χ0v) is 14.4. The van der Waals surface area contributed by atoms with Crippen molar-refractivity contribution in [2.45, 2.75) is 25.7 Å². The highest BCUT2D eigenvalue weighted by Crippen LogP contribution is 2.53. The summed E-state index contributed by atoms with van der Waals surface area (Å²) in [5.41, 5.74) is 6.66. The molecule has 132 valence electrons. The number of halogens is 1. The van der Waals surface area contributed by atoms with Crippen molar-refractivity contribution in [3.8, 4) is 11.6 Å². The molecule has 2 aliphatic rings. The zero-order chi connectivity index (χ0) is 17.4. The van der Waals surface area contributed by atoms with E-state index in [1.165, 1.54) is 12.8 Å². The molecule has 25 heavy (non-hydrogen) atoms. The summed E-state index contributed by atoms with van der Waals surface area (Å²) in [7, 11) is 0. The number of amides is 1. The maximum atomic E-state index is 12.3. The van der Waals surface area contributed by atoms with Crippen LogP contribution in [0.1, 0.15) is 25.7 Å². The number of carbonyl (C=O) groups excluding carboxylic acids is 1. The van der Waals surface area contributed by atoms with Gasteiger partial charge in [-0.05, 0) is 43.2 Å². The molecule has 3 N–H and O–H groups in total. The van der Waals surface area contributed by atoms with Crippen molar-refractivity contribution in [3.05, 3.63) is 17.2 Å². The van der Waals surface area contributed by atoms with Crippen molar-refractivity contribution < 1.29 is 9.21 Å². The topological polar surface area (TPSA) is 110 Å². The first-order chi connectivity index (χ1) is 12.0. The third-order valence-electron chi connectivity index (χ3n) is 5.04. The van der Waals surface area contributed by atoms with Gasteiger partial charge in [-0.3, -0.25) is 4.79 Å². The summed E-state index contributed by atoms with van der Waals surface area (Å²) in [6.45, 7) is 1.80. The van der Waals surface area contributed by atoms with Crippen LogP contribution in [0.5, 0.6) is 0 Å². The molecule has 0 radical (unpaired) electrons. The van der Waals surface area contributed by atoms with Crippen LogP contribution in [0.25, 0.3) is 11.6 Å². The normalized spacial score (nSPS) is 18.4. The first-order valence-electron chi connectivity index (χ1n) is 8.32. The lowest BCUT2D eigenvalue weighted by Crippen LogP contribution is -2.41. The number of rotatable bonds is 4. The second kappa shape index (κ2) is 6.18. The van der Waals surface area contributed by atoms with E-state index in [0.29, 0.717) is 16.1 Å². The Morgan fingerprint density at radius 2 is 2.04 bits per heavy atom. The summed E-state index contributed by atoms with van der Waals surface area (Å²) in [4.78, 5) is 18.3. The van der Waals surface area contributed by atoms with Gasteiger partial charge in [0.25, 0.3) is 5.89 Å². The van der Waals surface area contributed by atoms with Crippen molar-refractivity contribution in [3.63, 3.8) is 0 Å². The van der Waals surface area contributed by atoms with Crippen LogP contribution in [-0.4, -0.2) is 45.6 Å². The lowest BCUT2D eigenvalue weighted by Gasteiger charge is -2.32. The maximum absolute atomic E-state index is 12.3. The molecule has 2 aromatic heterocycles. The SMILES string of the molecule is Nc1nc(-c2nnc(NCC(=O)N3CCC4(CC3)CC4)o2)ccc1Cl. The number of hydrogen-bond acceptors (Lipinski definition) is 7. The molecule has 1 aliphatic carbocycles. The first-order valence-corrected chi connectivity index (χ1v) is 8.70. The Balaban J connectivity index is 1.33. The summed E-state index contributed by atoms with van der Waals surface area (Å²) >= 11 is 5.84. The van der Waals surface area contributed by atoms with Gasteiger partial charge in [0.15, 0.2) is 0 Å². The number of nitrogens with one attached hydrogen (secondary N) is 1. The molecule has 4 rings (SSSR count). The van der Waals surface area contributed by atoms with Crippen LogP contribution < -0.4 is 11.1 Å². The average molecular weight is 363 g/mol. The molecule has 0 unspecified atom stereocenters. The summed E-state index contributed by atoms with van der Waals surface area (Å²) in [6.07, 6.45) is 4.88. The van der Waals surface area contributed by atoms with E-state index in [1.54, 1.807) is 12.1 Å². The lowest BCUT2D eigenvalue weighted by molar-refractivity contribution is -0.130. The molecule has 8 nitrogen and oxygen atoms in total. The van der Waals surface area contributed by atoms with Gasteiger partial charge in [-0.2, -0.15) is 0 Å². The fourth-order valence-corrected chi connectivity index (χ4v) is 3.25. The van der Waals surface area contributed by atoms with E-state index in [-0.39, 0.29) is 30.2 Å². The zero-order valence-electron chi connectivity index (χ0n) is 13.7. The monoisotopic (exact) mass is 362 g/mol. The quantitative estimate of drug-likeness (QED) is 0.857. The maximum Gasteiger partial charge on any atom is 0.316 e. The third kappa shape index (κ3) is 3.39. The third-order valence-corrected chi connectivity index (χ3v) is 5.36. The molecular weight excluding hydrogens is 344 g/mol. The van der Waals surface area contributed by atoms with Crippen LogP contribution in [-0.2, 0) is 4.79 Å². The average Bonchev–Trinajstić information content (AvgIpc) is 3.19. The van der Waals surface area contributed by atoms with E-state index in [1.807, 2.05) is 4.90 Å². The van der Waals surface area contributed by atoms with E-state index < -0.39 is 0 Å². The van der Waals surface area contributed by atoms with Gasteiger partial charge in [-0.25, -0.2) is 4.98 Å². The van der Waals surface area contributed by atoms with Crippen molar-refractivity contribution in [2.75, 3.05) is 30.7 Å². The number of anilines is 2. The first kappa shape index (κ1) is 16.1. The van der Waals surface area contributed by atoms with Gasteiger partial charge in [-0.1, -0.05) is 16.7 Å². The fraction of sp³-hybridized carbons (Fsp3) is 0.500. The van der Waals surface area contributed by atoms with Gasteiger partial charge in [0.2, 0.25) is 5.91 Å². The van der Waals surface area contributed by atoms with Gasteiger partial charge in [0.05, 0.1) is 11.6 Å². The van der Waals surface area contributed by atoms with Crippen LogP contribution in [0.4, 0.5) is 11.8 Å². The molecular formula is C16H19ClN6O2. The molecule has 9 heteroatoms. The Hall–Kier alpha value is -2.35. The Kier molecular flexibility index (Phi) is 3.99. The highest BCUT2D eigenvalue weighted by molar-refractivity contribution is 6.32. The van der Waals surface area contributed by atoms with Crippen molar-refractivity contribution in [1.82, 2.24) is 20.1 Å². The number of likely N-dealkylation sites (tertiary alicyclic amines) is 1. The summed E-state index contributed by atoms with van der Waals surface area (Å²) in [5, 5.41) is 11.0. The number of nitrogens with two attached hydrogens (primary N) is 1. The minimum atomic E-state index is 0.0455. The van der Waals surface area contributed by atoms with Crippen LogP contribution in [0, 0.1) is 5.41 Å². The van der Waals surface area contributed by atoms with Gasteiger partial charge in [-0.15, -0.1) is 5.10 Å². The summed E-state index contributed by atoms with van der Waals surface area (Å²) in [6, 6.07) is 3.43. The van der Waals surface area contributed by atoms with Crippen molar-refractivity contribution in [1.29, 1.82) is 0 Å². The number of piperidine rings is 1. The molecule has 1 aliphatic heterocycles. The summed E-state index contributed by atoms with van der Waals surface area (Å²) < 4.78 is 5.48. The fourth-order valence-electron chi connectivity index (χ4n) is 3.15. The van der Waals surface area contributed by atoms with E-state index >= 15 is 0 Å². The number of aromatic nitrogens is 3. The van der Waals surface area contributed by atoms with Crippen LogP contribution in [0.2, 0.25) is 5.02 Å². The minimum absolute atomic E-state index is 0.0455. The molecule has 0 aromatic carbocycles. The molecule has 3 heterocycles. The highest BCUT2D eigenvalue weighted by Gasteiger charge is 2.44. The lowest BCUT2D eigenvalue weighted by atomic mass is 9.94. The molecule has 2 aromatic rings. The molecule has 1 saturated carbocycles. The van der Waals surface area contributed by atoms with Gasteiger partial charge in [0.1, 0.15) is 11.5 Å². The Morgan fingerprint density at radius 1 is 1.28 bits per heavy atom. The molecule has 1 spiro atoms. The van der Waals surface area contributed by atoms with Crippen molar-refractivity contribution >= 4 is 29.3 Å². The largest absolute Gasteiger partial charge is 0.402 e. The minimum Gasteiger partial charge on any atom is -0.402 e. The van der Waals surface area contributed by atoms with Gasteiger partial charge in [0, 0.05) is 13.1 Å². The van der Waals surface area contributed by atoms with E-state index in [2.05, 4.69) is 20.5 Å². The number of nitrogen functional groups attached to an aromatic ring is 1. The van der Waals surface area contributed by atoms with Crippen LogP contribution in [0.15, 0.2) is 16.5 Å². The second-order valence-electron chi connectivity index (χ2n) is 6.71. The number of pyridine rings is 1. The Morgan fingerprint density at radius 3 is 2.72 bits per heavy atom. The standard InChI is InChI=1S/C16H19ClN6O2/c17-10-1-2-11(20-13(10)18)14-21-22-15(25-14)19-9-12(24)23-7-5-16(3-4-16)6-8-23/h1-2H,3-9H2,(H2,18,20)(H,19,22). The van der Waals surface area contributed by atoms with Crippen LogP contribution >= 0.6 is 11.6 Å². The van der Waals surface area contributed by atoms with Gasteiger partial charge >= 0.3 is 6.01 Å². The Bertz CT molecular complexity index is 794. The number of hydrogen-bond donors (Lipinski definition) is 2. The molecule has 0 bridgehead atoms. The van der Waals surface area contributed by atoms with E-state index in [0.717, 1.165) is 25.9 Å². The van der Waals surface area contributed by atoms with Crippen LogP contribution in [0.3, 0.4) is 0 Å². The highest BCUT2D eigenvalue weighted by atomic mass is 35.5. The second-order valence-corrected chi connectivity index (χ2v) is 7.12.